The number of fused-ring (bicyclic) bond motifs is 3. The van der Waals surface area contributed by atoms with Crippen molar-refractivity contribution in [1.82, 2.24) is 4.57 Å². The Kier molecular flexibility index (Phi) is 6.75. The second-order valence-electron chi connectivity index (χ2n) is 8.17. The van der Waals surface area contributed by atoms with E-state index in [4.69, 9.17) is 10.5 Å². The third-order valence-electron chi connectivity index (χ3n) is 5.82. The Hall–Kier alpha value is -3.97. The molecule has 0 fully saturated rings. The van der Waals surface area contributed by atoms with Gasteiger partial charge in [-0.2, -0.15) is 0 Å². The van der Waals surface area contributed by atoms with Crippen LogP contribution < -0.4 is 5.73 Å². The average molecular weight is 459 g/mol. The molecule has 7 heteroatoms. The number of benzene rings is 3. The maximum Gasteiger partial charge on any atom is 0.377 e. The molecular weight excluding hydrogens is 432 g/mol. The van der Waals surface area contributed by atoms with Crippen LogP contribution in [-0.2, 0) is 22.5 Å². The van der Waals surface area contributed by atoms with Gasteiger partial charge in [-0.15, -0.1) is 0 Å². The summed E-state index contributed by atoms with van der Waals surface area (Å²) < 4.78 is 7.61. The molecule has 174 valence electrons. The minimum absolute atomic E-state index is 0.0426. The number of rotatable bonds is 10. The van der Waals surface area contributed by atoms with E-state index < -0.39 is 17.7 Å². The van der Waals surface area contributed by atoms with E-state index in [1.165, 1.54) is 0 Å². The molecule has 3 aromatic carbocycles. The second kappa shape index (κ2) is 9.89. The van der Waals surface area contributed by atoms with E-state index >= 15 is 0 Å². The van der Waals surface area contributed by atoms with Crippen LogP contribution in [0.15, 0.2) is 60.7 Å². The number of Topliss-reactive ketones (excluding diaryl/α,β-unsaturated/α-hetero) is 1. The molecule has 4 rings (SSSR count). The fourth-order valence-electron chi connectivity index (χ4n) is 4.33. The molecule has 0 saturated carbocycles. The van der Waals surface area contributed by atoms with E-state index in [-0.39, 0.29) is 11.1 Å². The molecule has 3 N–H and O–H groups in total. The Morgan fingerprint density at radius 3 is 2.29 bits per heavy atom. The maximum absolute atomic E-state index is 12.8. The van der Waals surface area contributed by atoms with Crippen molar-refractivity contribution in [1.29, 1.82) is 0 Å². The summed E-state index contributed by atoms with van der Waals surface area (Å²) in [6.45, 7) is 3.57. The fourth-order valence-corrected chi connectivity index (χ4v) is 4.33. The molecule has 1 amide bonds. The molecule has 0 atom stereocenters. The average Bonchev–Trinajstić information content (AvgIpc) is 3.15. The lowest BCUT2D eigenvalue weighted by Gasteiger charge is -2.11. The van der Waals surface area contributed by atoms with Gasteiger partial charge in [0.1, 0.15) is 0 Å². The smallest absolute Gasteiger partial charge is 0.377 e. The van der Waals surface area contributed by atoms with Crippen molar-refractivity contribution >= 4 is 39.5 Å². The largest absolute Gasteiger partial charge is 0.475 e. The van der Waals surface area contributed by atoms with Crippen molar-refractivity contribution in [3.05, 3.63) is 82.9 Å². The molecule has 0 bridgehead atoms. The third-order valence-corrected chi connectivity index (χ3v) is 5.82. The van der Waals surface area contributed by atoms with Crippen molar-refractivity contribution in [2.24, 2.45) is 5.73 Å². The van der Waals surface area contributed by atoms with Crippen LogP contribution in [0.2, 0.25) is 0 Å². The number of amides is 1. The zero-order chi connectivity index (χ0) is 24.2. The Labute approximate surface area is 196 Å². The standard InChI is InChI=1S/C27H26N2O5/c1-2-12-34-13-11-18-14-20(25(30)27(32)33)24-22(15-18)29(16-17-7-4-3-5-8-17)21-10-6-9-19(23(21)24)26(28)31/h3-10,14-15H,2,11-13,16H2,1H3,(H2,28,31)(H,32,33). The molecule has 7 nitrogen and oxygen atoms in total. The summed E-state index contributed by atoms with van der Waals surface area (Å²) in [7, 11) is 0. The van der Waals surface area contributed by atoms with Crippen LogP contribution in [0.25, 0.3) is 21.8 Å². The van der Waals surface area contributed by atoms with E-state index in [9.17, 15) is 19.5 Å². The van der Waals surface area contributed by atoms with Crippen LogP contribution in [-0.4, -0.2) is 40.5 Å². The van der Waals surface area contributed by atoms with Gasteiger partial charge in [-0.3, -0.25) is 9.59 Å². The van der Waals surface area contributed by atoms with E-state index in [1.807, 2.05) is 54.0 Å². The van der Waals surface area contributed by atoms with Crippen LogP contribution >= 0.6 is 0 Å². The number of nitrogens with zero attached hydrogens (tertiary/aromatic N) is 1. The van der Waals surface area contributed by atoms with Crippen LogP contribution in [0.5, 0.6) is 0 Å². The molecular formula is C27H26N2O5. The van der Waals surface area contributed by atoms with Crippen LogP contribution in [0, 0.1) is 0 Å². The number of hydrogen-bond donors (Lipinski definition) is 2. The molecule has 0 aliphatic heterocycles. The van der Waals surface area contributed by atoms with Crippen molar-refractivity contribution < 1.29 is 24.2 Å². The van der Waals surface area contributed by atoms with Gasteiger partial charge in [-0.1, -0.05) is 43.3 Å². The van der Waals surface area contributed by atoms with Crippen LogP contribution in [0.4, 0.5) is 0 Å². The van der Waals surface area contributed by atoms with Gasteiger partial charge in [0.25, 0.3) is 5.78 Å². The highest BCUT2D eigenvalue weighted by Gasteiger charge is 2.25. The summed E-state index contributed by atoms with van der Waals surface area (Å²) in [5.74, 6) is -3.23. The van der Waals surface area contributed by atoms with Crippen molar-refractivity contribution in [3.63, 3.8) is 0 Å². The summed E-state index contributed by atoms with van der Waals surface area (Å²) in [4.78, 5) is 36.9. The topological polar surface area (TPSA) is 112 Å². The SMILES string of the molecule is CCCOCCc1cc(C(=O)C(=O)O)c2c3c(C(N)=O)cccc3n(Cc3ccccc3)c2c1. The third kappa shape index (κ3) is 4.43. The number of aromatic nitrogens is 1. The monoisotopic (exact) mass is 458 g/mol. The molecule has 4 aromatic rings. The van der Waals surface area contributed by atoms with E-state index in [2.05, 4.69) is 0 Å². The molecule has 0 saturated heterocycles. The zero-order valence-corrected chi connectivity index (χ0v) is 18.9. The number of carbonyl (C=O) groups excluding carboxylic acids is 2. The van der Waals surface area contributed by atoms with E-state index in [0.29, 0.717) is 48.0 Å². The first-order valence-corrected chi connectivity index (χ1v) is 11.2. The Morgan fingerprint density at radius 2 is 1.62 bits per heavy atom. The van der Waals surface area contributed by atoms with Gasteiger partial charge in [0.2, 0.25) is 5.91 Å². The first-order valence-electron chi connectivity index (χ1n) is 11.2. The molecule has 1 aromatic heterocycles. The molecule has 0 aliphatic carbocycles. The van der Waals surface area contributed by atoms with Crippen LogP contribution in [0.3, 0.4) is 0 Å². The minimum Gasteiger partial charge on any atom is -0.475 e. The molecule has 0 unspecified atom stereocenters. The number of primary amides is 1. The van der Waals surface area contributed by atoms with Crippen molar-refractivity contribution in [2.75, 3.05) is 13.2 Å². The van der Waals surface area contributed by atoms with Crippen molar-refractivity contribution in [3.8, 4) is 0 Å². The number of carbonyl (C=O) groups is 3. The first-order chi connectivity index (χ1) is 16.4. The molecule has 0 radical (unpaired) electrons. The predicted molar refractivity (Wildman–Crippen MR) is 130 cm³/mol. The number of hydrogen-bond acceptors (Lipinski definition) is 4. The number of ketones is 1. The Morgan fingerprint density at radius 1 is 0.882 bits per heavy atom. The Bertz CT molecular complexity index is 1390. The van der Waals surface area contributed by atoms with E-state index in [0.717, 1.165) is 17.5 Å². The molecule has 1 heterocycles. The normalized spacial score (nSPS) is 11.2. The second-order valence-corrected chi connectivity index (χ2v) is 8.17. The molecule has 34 heavy (non-hydrogen) atoms. The highest BCUT2D eigenvalue weighted by atomic mass is 16.5. The number of aliphatic carboxylic acids is 1. The lowest BCUT2D eigenvalue weighted by atomic mass is 9.96. The number of carboxylic acids is 1. The van der Waals surface area contributed by atoms with Gasteiger partial charge in [0.05, 0.1) is 17.6 Å². The summed E-state index contributed by atoms with van der Waals surface area (Å²) in [5.41, 5.74) is 9.14. The number of carboxylic acid groups (broad SMARTS) is 1. The predicted octanol–water partition coefficient (Wildman–Crippen LogP) is 4.18. The first kappa shape index (κ1) is 23.2. The van der Waals surface area contributed by atoms with Gasteiger partial charge in [-0.25, -0.2) is 4.79 Å². The highest BCUT2D eigenvalue weighted by molar-refractivity contribution is 6.43. The zero-order valence-electron chi connectivity index (χ0n) is 18.9. The summed E-state index contributed by atoms with van der Waals surface area (Å²) in [5, 5.41) is 10.5. The minimum atomic E-state index is -1.55. The van der Waals surface area contributed by atoms with Gasteiger partial charge in [0, 0.05) is 35.1 Å². The molecule has 0 aliphatic rings. The van der Waals surface area contributed by atoms with Crippen molar-refractivity contribution in [2.45, 2.75) is 26.3 Å². The lowest BCUT2D eigenvalue weighted by molar-refractivity contribution is -0.131. The number of nitrogens with two attached hydrogens (primary N) is 1. The Balaban J connectivity index is 2.04. The summed E-state index contributed by atoms with van der Waals surface area (Å²) in [6.07, 6.45) is 1.41. The highest BCUT2D eigenvalue weighted by Crippen LogP contribution is 2.36. The maximum atomic E-state index is 12.8. The summed E-state index contributed by atoms with van der Waals surface area (Å²) in [6, 6.07) is 18.5. The van der Waals surface area contributed by atoms with E-state index in [1.54, 1.807) is 18.2 Å². The molecule has 0 spiro atoms. The van der Waals surface area contributed by atoms with Crippen LogP contribution in [0.1, 0.15) is 45.2 Å². The van der Waals surface area contributed by atoms with Gasteiger partial charge >= 0.3 is 5.97 Å². The van der Waals surface area contributed by atoms with Gasteiger partial charge in [0.15, 0.2) is 0 Å². The summed E-state index contributed by atoms with van der Waals surface area (Å²) >= 11 is 0. The van der Waals surface area contributed by atoms with Gasteiger partial charge < -0.3 is 20.1 Å². The fraction of sp³-hybridized carbons (Fsp3) is 0.222. The number of ether oxygens (including phenoxy) is 1. The quantitative estimate of drug-likeness (QED) is 0.210. The lowest BCUT2D eigenvalue weighted by Crippen LogP contribution is -2.15. The van der Waals surface area contributed by atoms with Gasteiger partial charge in [-0.05, 0) is 48.2 Å².